The van der Waals surface area contributed by atoms with Crippen molar-refractivity contribution in [3.05, 3.63) is 34.3 Å². The van der Waals surface area contributed by atoms with Crippen LogP contribution in [0.1, 0.15) is 24.4 Å². The monoisotopic (exact) mass is 257 g/mol. The van der Waals surface area contributed by atoms with Crippen LogP contribution in [0.4, 0.5) is 0 Å². The van der Waals surface area contributed by atoms with Crippen LogP contribution in [0.15, 0.2) is 28.7 Å². The first-order chi connectivity index (χ1) is 6.59. The topological polar surface area (TPSA) is 63.3 Å². The summed E-state index contributed by atoms with van der Waals surface area (Å²) < 4.78 is 0.992. The molecule has 0 saturated heterocycles. The van der Waals surface area contributed by atoms with Crippen LogP contribution in [0.25, 0.3) is 0 Å². The molecule has 0 bridgehead atoms. The van der Waals surface area contributed by atoms with Gasteiger partial charge < -0.3 is 10.8 Å². The molecule has 1 aromatic carbocycles. The first kappa shape index (κ1) is 11.2. The van der Waals surface area contributed by atoms with E-state index in [1.807, 2.05) is 24.3 Å². The van der Waals surface area contributed by atoms with E-state index < -0.39 is 5.97 Å². The molecule has 0 aliphatic heterocycles. The zero-order valence-electron chi connectivity index (χ0n) is 7.61. The quantitative estimate of drug-likeness (QED) is 0.871. The van der Waals surface area contributed by atoms with Crippen LogP contribution in [-0.4, -0.2) is 11.1 Å². The number of halogens is 1. The Morgan fingerprint density at radius 3 is 2.50 bits per heavy atom. The molecule has 0 aromatic heterocycles. The molecule has 0 unspecified atom stereocenters. The summed E-state index contributed by atoms with van der Waals surface area (Å²) in [5.74, 6) is -0.808. The Balaban J connectivity index is 2.56. The van der Waals surface area contributed by atoms with Gasteiger partial charge in [0.05, 0.1) is 0 Å². The van der Waals surface area contributed by atoms with Gasteiger partial charge >= 0.3 is 5.97 Å². The number of carboxylic acid groups (broad SMARTS) is 1. The SMILES string of the molecule is N[C@H](CCC(=O)O)c1ccc(Br)cc1. The lowest BCUT2D eigenvalue weighted by molar-refractivity contribution is -0.137. The summed E-state index contributed by atoms with van der Waals surface area (Å²) in [6, 6.07) is 7.40. The van der Waals surface area contributed by atoms with E-state index >= 15 is 0 Å². The molecule has 3 nitrogen and oxygen atoms in total. The van der Waals surface area contributed by atoms with Crippen molar-refractivity contribution in [2.45, 2.75) is 18.9 Å². The van der Waals surface area contributed by atoms with Crippen molar-refractivity contribution in [1.29, 1.82) is 0 Å². The first-order valence-corrected chi connectivity index (χ1v) is 5.11. The molecular formula is C10H12BrNO2. The zero-order chi connectivity index (χ0) is 10.6. The van der Waals surface area contributed by atoms with Crippen LogP contribution in [0, 0.1) is 0 Å². The average Bonchev–Trinajstić information content (AvgIpc) is 2.15. The third kappa shape index (κ3) is 3.47. The van der Waals surface area contributed by atoms with Gasteiger partial charge in [-0.2, -0.15) is 0 Å². The minimum absolute atomic E-state index is 0.108. The van der Waals surface area contributed by atoms with Gasteiger partial charge in [0.25, 0.3) is 0 Å². The molecule has 1 atom stereocenters. The smallest absolute Gasteiger partial charge is 0.303 e. The Hall–Kier alpha value is -0.870. The van der Waals surface area contributed by atoms with Crippen molar-refractivity contribution in [1.82, 2.24) is 0 Å². The third-order valence-electron chi connectivity index (χ3n) is 1.97. The molecule has 0 saturated carbocycles. The number of carbonyl (C=O) groups is 1. The molecule has 0 aliphatic carbocycles. The number of hydrogen-bond acceptors (Lipinski definition) is 2. The van der Waals surface area contributed by atoms with E-state index in [1.165, 1.54) is 0 Å². The van der Waals surface area contributed by atoms with E-state index in [9.17, 15) is 4.79 Å². The fourth-order valence-electron chi connectivity index (χ4n) is 1.16. The maximum absolute atomic E-state index is 10.3. The molecule has 0 radical (unpaired) electrons. The van der Waals surface area contributed by atoms with E-state index in [0.717, 1.165) is 10.0 Å². The molecule has 76 valence electrons. The number of nitrogens with two attached hydrogens (primary N) is 1. The van der Waals surface area contributed by atoms with Crippen LogP contribution in [0.2, 0.25) is 0 Å². The largest absolute Gasteiger partial charge is 0.481 e. The molecule has 3 N–H and O–H groups in total. The predicted octanol–water partition coefficient (Wildman–Crippen LogP) is 2.31. The third-order valence-corrected chi connectivity index (χ3v) is 2.50. The second-order valence-electron chi connectivity index (χ2n) is 3.09. The van der Waals surface area contributed by atoms with Gasteiger partial charge in [-0.1, -0.05) is 28.1 Å². The summed E-state index contributed by atoms with van der Waals surface area (Å²) in [6.07, 6.45) is 0.578. The highest BCUT2D eigenvalue weighted by Crippen LogP contribution is 2.18. The molecule has 0 amide bonds. The second kappa shape index (κ2) is 5.12. The second-order valence-corrected chi connectivity index (χ2v) is 4.01. The van der Waals surface area contributed by atoms with E-state index in [4.69, 9.17) is 10.8 Å². The lowest BCUT2D eigenvalue weighted by Gasteiger charge is -2.10. The van der Waals surface area contributed by atoms with Crippen LogP contribution in [-0.2, 0) is 4.79 Å². The summed E-state index contributed by atoms with van der Waals surface area (Å²) >= 11 is 3.32. The number of carboxylic acids is 1. The highest BCUT2D eigenvalue weighted by molar-refractivity contribution is 9.10. The van der Waals surface area contributed by atoms with Crippen molar-refractivity contribution in [2.75, 3.05) is 0 Å². The van der Waals surface area contributed by atoms with Gasteiger partial charge in [-0.15, -0.1) is 0 Å². The Kier molecular flexibility index (Phi) is 4.10. The molecule has 4 heteroatoms. The van der Waals surface area contributed by atoms with Gasteiger partial charge in [-0.3, -0.25) is 4.79 Å². The van der Waals surface area contributed by atoms with Crippen LogP contribution in [0.5, 0.6) is 0 Å². The molecule has 0 fully saturated rings. The molecular weight excluding hydrogens is 246 g/mol. The molecule has 0 spiro atoms. The maximum Gasteiger partial charge on any atom is 0.303 e. The number of aliphatic carboxylic acids is 1. The van der Waals surface area contributed by atoms with Crippen molar-refractivity contribution >= 4 is 21.9 Å². The van der Waals surface area contributed by atoms with Crippen LogP contribution >= 0.6 is 15.9 Å². The lowest BCUT2D eigenvalue weighted by Crippen LogP contribution is -2.12. The normalized spacial score (nSPS) is 12.4. The van der Waals surface area contributed by atoms with Gasteiger partial charge in [0.2, 0.25) is 0 Å². The fourth-order valence-corrected chi connectivity index (χ4v) is 1.42. The minimum atomic E-state index is -0.808. The van der Waals surface area contributed by atoms with Gasteiger partial charge in [-0.25, -0.2) is 0 Å². The fraction of sp³-hybridized carbons (Fsp3) is 0.300. The van der Waals surface area contributed by atoms with Gasteiger partial charge in [0.1, 0.15) is 0 Å². The molecule has 1 aromatic rings. The van der Waals surface area contributed by atoms with Crippen molar-refractivity contribution < 1.29 is 9.90 Å². The summed E-state index contributed by atoms with van der Waals surface area (Å²) in [5, 5.41) is 8.49. The molecule has 0 aliphatic rings. The van der Waals surface area contributed by atoms with Gasteiger partial charge in [-0.05, 0) is 24.1 Å². The Morgan fingerprint density at radius 2 is 2.00 bits per heavy atom. The molecule has 0 heterocycles. The Morgan fingerprint density at radius 1 is 1.43 bits per heavy atom. The van der Waals surface area contributed by atoms with Gasteiger partial charge in [0, 0.05) is 16.9 Å². The van der Waals surface area contributed by atoms with E-state index in [-0.39, 0.29) is 12.5 Å². The summed E-state index contributed by atoms with van der Waals surface area (Å²) in [7, 11) is 0. The predicted molar refractivity (Wildman–Crippen MR) is 57.9 cm³/mol. The first-order valence-electron chi connectivity index (χ1n) is 4.32. The average molecular weight is 258 g/mol. The highest BCUT2D eigenvalue weighted by Gasteiger charge is 2.07. The summed E-state index contributed by atoms with van der Waals surface area (Å²) in [5.41, 5.74) is 6.78. The van der Waals surface area contributed by atoms with E-state index in [2.05, 4.69) is 15.9 Å². The summed E-state index contributed by atoms with van der Waals surface area (Å²) in [6.45, 7) is 0. The summed E-state index contributed by atoms with van der Waals surface area (Å²) in [4.78, 5) is 10.3. The molecule has 1 rings (SSSR count). The Bertz CT molecular complexity index is 310. The van der Waals surface area contributed by atoms with Crippen LogP contribution < -0.4 is 5.73 Å². The van der Waals surface area contributed by atoms with Crippen molar-refractivity contribution in [3.63, 3.8) is 0 Å². The number of benzene rings is 1. The Labute approximate surface area is 91.1 Å². The maximum atomic E-state index is 10.3. The number of hydrogen-bond donors (Lipinski definition) is 2. The highest BCUT2D eigenvalue weighted by atomic mass is 79.9. The molecule has 14 heavy (non-hydrogen) atoms. The number of rotatable bonds is 4. The lowest BCUT2D eigenvalue weighted by atomic mass is 10.0. The van der Waals surface area contributed by atoms with Gasteiger partial charge in [0.15, 0.2) is 0 Å². The standard InChI is InChI=1S/C10H12BrNO2/c11-8-3-1-7(2-4-8)9(12)5-6-10(13)14/h1-4,9H,5-6,12H2,(H,13,14)/t9-/m1/s1. The van der Waals surface area contributed by atoms with E-state index in [0.29, 0.717) is 6.42 Å². The van der Waals surface area contributed by atoms with E-state index in [1.54, 1.807) is 0 Å². The minimum Gasteiger partial charge on any atom is -0.481 e. The van der Waals surface area contributed by atoms with Crippen molar-refractivity contribution in [2.24, 2.45) is 5.73 Å². The van der Waals surface area contributed by atoms with Crippen LogP contribution in [0.3, 0.4) is 0 Å². The zero-order valence-corrected chi connectivity index (χ0v) is 9.20. The van der Waals surface area contributed by atoms with Crippen molar-refractivity contribution in [3.8, 4) is 0 Å².